The average molecular weight is 350 g/mol. The maximum Gasteiger partial charge on any atom is 0.195 e. The van der Waals surface area contributed by atoms with E-state index in [0.717, 1.165) is 6.07 Å². The molecule has 1 saturated heterocycles. The van der Waals surface area contributed by atoms with Crippen LogP contribution in [0.4, 0.5) is 13.2 Å². The van der Waals surface area contributed by atoms with E-state index in [9.17, 15) is 13.2 Å². The fourth-order valence-electron chi connectivity index (χ4n) is 2.19. The van der Waals surface area contributed by atoms with Crippen molar-refractivity contribution in [3.8, 4) is 0 Å². The lowest BCUT2D eigenvalue weighted by Crippen LogP contribution is -2.27. The Hall–Kier alpha value is -1.72. The summed E-state index contributed by atoms with van der Waals surface area (Å²) in [5, 5.41) is 27.2. The predicted octanol–water partition coefficient (Wildman–Crippen LogP) is 0.618. The van der Waals surface area contributed by atoms with Gasteiger partial charge in [0, 0.05) is 12.2 Å². The third-order valence-electron chi connectivity index (χ3n) is 3.40. The van der Waals surface area contributed by atoms with Gasteiger partial charge in [-0.3, -0.25) is 15.7 Å². The standard InChI is InChI=1S/C14H17F3N2O5/c15-10-8(13(19-22)18-7(6-21)1-2-20)5-9(11(16)12(10)17)14-23-3-4-24-14/h5,7,14,20-22H,1-4,6H2,(H,18,19)/t7-/m0/s1. The van der Waals surface area contributed by atoms with E-state index in [1.165, 1.54) is 0 Å². The molecular weight excluding hydrogens is 333 g/mol. The van der Waals surface area contributed by atoms with E-state index in [2.05, 4.69) is 4.99 Å². The Labute approximate surface area is 135 Å². The number of nitrogens with one attached hydrogen (secondary N) is 1. The van der Waals surface area contributed by atoms with Crippen LogP contribution in [0.5, 0.6) is 0 Å². The molecule has 0 unspecified atom stereocenters. The molecule has 0 saturated carbocycles. The molecule has 1 aliphatic rings. The third-order valence-corrected chi connectivity index (χ3v) is 3.40. The molecule has 24 heavy (non-hydrogen) atoms. The Morgan fingerprint density at radius 1 is 1.21 bits per heavy atom. The number of nitrogens with zero attached hydrogens (tertiary/aromatic N) is 1. The van der Waals surface area contributed by atoms with Crippen molar-refractivity contribution in [1.29, 1.82) is 0 Å². The summed E-state index contributed by atoms with van der Waals surface area (Å²) in [5.41, 5.74) is 0.643. The van der Waals surface area contributed by atoms with Gasteiger partial charge in [0.1, 0.15) is 0 Å². The van der Waals surface area contributed by atoms with Gasteiger partial charge in [0.2, 0.25) is 0 Å². The second kappa shape index (κ2) is 8.40. The number of hydroxylamine groups is 1. The Morgan fingerprint density at radius 3 is 2.42 bits per heavy atom. The van der Waals surface area contributed by atoms with E-state index in [1.54, 1.807) is 5.48 Å². The largest absolute Gasteiger partial charge is 0.396 e. The van der Waals surface area contributed by atoms with Crippen LogP contribution < -0.4 is 5.48 Å². The van der Waals surface area contributed by atoms with Crippen LogP contribution in [-0.4, -0.2) is 53.7 Å². The van der Waals surface area contributed by atoms with E-state index >= 15 is 0 Å². The molecule has 7 nitrogen and oxygen atoms in total. The zero-order valence-electron chi connectivity index (χ0n) is 12.5. The normalized spacial score (nSPS) is 17.3. The molecule has 1 aromatic rings. The number of hydrogen-bond acceptors (Lipinski definition) is 6. The SMILES string of the molecule is OCC[C@@H](CO)N=C(NO)c1cc(C2OCCO2)c(F)c(F)c1F. The first kappa shape index (κ1) is 18.6. The summed E-state index contributed by atoms with van der Waals surface area (Å²) in [6.45, 7) is -0.483. The molecule has 1 aromatic carbocycles. The molecule has 1 fully saturated rings. The maximum absolute atomic E-state index is 14.1. The highest BCUT2D eigenvalue weighted by Gasteiger charge is 2.29. The summed E-state index contributed by atoms with van der Waals surface area (Å²) in [6.07, 6.45) is -1.18. The third kappa shape index (κ3) is 3.84. The van der Waals surface area contributed by atoms with Crippen molar-refractivity contribution in [2.75, 3.05) is 26.4 Å². The molecule has 1 heterocycles. The number of ether oxygens (including phenoxy) is 2. The maximum atomic E-state index is 14.1. The summed E-state index contributed by atoms with van der Waals surface area (Å²) in [4.78, 5) is 3.81. The Kier molecular flexibility index (Phi) is 6.52. The smallest absolute Gasteiger partial charge is 0.195 e. The lowest BCUT2D eigenvalue weighted by molar-refractivity contribution is -0.0469. The van der Waals surface area contributed by atoms with Crippen LogP contribution >= 0.6 is 0 Å². The number of benzene rings is 1. The van der Waals surface area contributed by atoms with Crippen LogP contribution in [0.15, 0.2) is 11.1 Å². The molecular formula is C14H17F3N2O5. The van der Waals surface area contributed by atoms with Crippen molar-refractivity contribution in [2.45, 2.75) is 18.8 Å². The zero-order valence-corrected chi connectivity index (χ0v) is 12.5. The van der Waals surface area contributed by atoms with Gasteiger partial charge < -0.3 is 19.7 Å². The lowest BCUT2D eigenvalue weighted by Gasteiger charge is -2.16. The first-order valence-corrected chi connectivity index (χ1v) is 7.14. The van der Waals surface area contributed by atoms with Gasteiger partial charge in [-0.25, -0.2) is 13.2 Å². The summed E-state index contributed by atoms with van der Waals surface area (Å²) < 4.78 is 52.0. The number of halogens is 3. The molecule has 10 heteroatoms. The van der Waals surface area contributed by atoms with E-state index in [1.807, 2.05) is 0 Å². The molecule has 2 rings (SSSR count). The molecule has 4 N–H and O–H groups in total. The monoisotopic (exact) mass is 350 g/mol. The summed E-state index contributed by atoms with van der Waals surface area (Å²) in [6, 6.07) is 0.0266. The van der Waals surface area contributed by atoms with Crippen molar-refractivity contribution in [3.63, 3.8) is 0 Å². The second-order valence-electron chi connectivity index (χ2n) is 4.97. The fourth-order valence-corrected chi connectivity index (χ4v) is 2.19. The summed E-state index contributed by atoms with van der Waals surface area (Å²) in [7, 11) is 0. The van der Waals surface area contributed by atoms with Crippen LogP contribution in [0.2, 0.25) is 0 Å². The van der Waals surface area contributed by atoms with E-state index < -0.39 is 47.8 Å². The topological polar surface area (TPSA) is 104 Å². The van der Waals surface area contributed by atoms with Crippen LogP contribution in [0, 0.1) is 17.5 Å². The van der Waals surface area contributed by atoms with Crippen molar-refractivity contribution >= 4 is 5.84 Å². The number of amidine groups is 1. The summed E-state index contributed by atoms with van der Waals surface area (Å²) >= 11 is 0. The van der Waals surface area contributed by atoms with Crippen LogP contribution in [0.3, 0.4) is 0 Å². The fraction of sp³-hybridized carbons (Fsp3) is 0.500. The Bertz CT molecular complexity index is 609. The van der Waals surface area contributed by atoms with Crippen LogP contribution in [0.25, 0.3) is 0 Å². The lowest BCUT2D eigenvalue weighted by atomic mass is 10.1. The van der Waals surface area contributed by atoms with Crippen LogP contribution in [-0.2, 0) is 9.47 Å². The zero-order chi connectivity index (χ0) is 17.7. The highest BCUT2D eigenvalue weighted by molar-refractivity contribution is 5.98. The van der Waals surface area contributed by atoms with Crippen molar-refractivity contribution < 1.29 is 38.1 Å². The molecule has 0 amide bonds. The second-order valence-corrected chi connectivity index (χ2v) is 4.97. The van der Waals surface area contributed by atoms with Crippen molar-refractivity contribution in [1.82, 2.24) is 5.48 Å². The van der Waals surface area contributed by atoms with Gasteiger partial charge in [-0.05, 0) is 12.5 Å². The van der Waals surface area contributed by atoms with Gasteiger partial charge in [0.25, 0.3) is 0 Å². The van der Waals surface area contributed by atoms with Gasteiger partial charge in [-0.1, -0.05) is 0 Å². The molecule has 0 spiro atoms. The number of hydrogen-bond donors (Lipinski definition) is 4. The first-order valence-electron chi connectivity index (χ1n) is 7.14. The van der Waals surface area contributed by atoms with Crippen LogP contribution in [0.1, 0.15) is 23.8 Å². The molecule has 0 aliphatic carbocycles. The minimum atomic E-state index is -1.77. The molecule has 0 bridgehead atoms. The van der Waals surface area contributed by atoms with Gasteiger partial charge in [0.05, 0.1) is 31.4 Å². The Balaban J connectivity index is 2.48. The quantitative estimate of drug-likeness (QED) is 0.260. The minimum Gasteiger partial charge on any atom is -0.396 e. The van der Waals surface area contributed by atoms with E-state index in [-0.39, 0.29) is 31.8 Å². The number of rotatable bonds is 6. The molecule has 134 valence electrons. The molecule has 0 aromatic heterocycles. The summed E-state index contributed by atoms with van der Waals surface area (Å²) in [5.74, 6) is -5.34. The van der Waals surface area contributed by atoms with Gasteiger partial charge in [-0.15, -0.1) is 0 Å². The first-order chi connectivity index (χ1) is 11.5. The van der Waals surface area contributed by atoms with Gasteiger partial charge in [-0.2, -0.15) is 0 Å². The number of aliphatic hydroxyl groups excluding tert-OH is 2. The minimum absolute atomic E-state index is 0.0225. The molecule has 1 atom stereocenters. The number of aliphatic imine (C=N–C) groups is 1. The van der Waals surface area contributed by atoms with Crippen molar-refractivity contribution in [2.24, 2.45) is 4.99 Å². The highest BCUT2D eigenvalue weighted by Crippen LogP contribution is 2.30. The Morgan fingerprint density at radius 2 is 1.88 bits per heavy atom. The van der Waals surface area contributed by atoms with Gasteiger partial charge in [0.15, 0.2) is 29.6 Å². The average Bonchev–Trinajstić information content (AvgIpc) is 3.11. The van der Waals surface area contributed by atoms with Crippen molar-refractivity contribution in [3.05, 3.63) is 34.6 Å². The van der Waals surface area contributed by atoms with E-state index in [0.29, 0.717) is 0 Å². The molecule has 0 radical (unpaired) electrons. The van der Waals surface area contributed by atoms with E-state index in [4.69, 9.17) is 24.9 Å². The number of aliphatic hydroxyl groups is 2. The highest BCUT2D eigenvalue weighted by atomic mass is 19.2. The van der Waals surface area contributed by atoms with Gasteiger partial charge >= 0.3 is 0 Å². The molecule has 1 aliphatic heterocycles. The predicted molar refractivity (Wildman–Crippen MR) is 75.0 cm³/mol.